The third-order valence-electron chi connectivity index (χ3n) is 6.20. The molecule has 0 aliphatic heterocycles. The van der Waals surface area contributed by atoms with E-state index in [1.165, 1.54) is 31.2 Å². The van der Waals surface area contributed by atoms with Crippen molar-refractivity contribution in [3.05, 3.63) is 65.2 Å². The first-order valence-corrected chi connectivity index (χ1v) is 17.8. The van der Waals surface area contributed by atoms with Crippen molar-refractivity contribution < 1.29 is 40.3 Å². The number of aryl methyl sites for hydroxylation is 1. The number of ether oxygens (including phenoxy) is 2. The van der Waals surface area contributed by atoms with Crippen molar-refractivity contribution >= 4 is 39.0 Å². The molecule has 0 spiro atoms. The lowest BCUT2D eigenvalue weighted by Gasteiger charge is -2.20. The first kappa shape index (κ1) is 35.4. The summed E-state index contributed by atoms with van der Waals surface area (Å²) in [6.45, 7) is 1.62. The zero-order chi connectivity index (χ0) is 34.2. The second-order valence-corrected chi connectivity index (χ2v) is 14.5. The lowest BCUT2D eigenvalue weighted by molar-refractivity contribution is 0.247. The number of rotatable bonds is 16. The summed E-state index contributed by atoms with van der Waals surface area (Å²) in [5.41, 5.74) is 10.9. The molecule has 3 aromatic heterocycles. The number of benzene rings is 1. The van der Waals surface area contributed by atoms with Crippen molar-refractivity contribution in [3.63, 3.8) is 0 Å². The Morgan fingerprint density at radius 2 is 1.43 bits per heavy atom. The lowest BCUT2D eigenvalue weighted by atomic mass is 10.1. The van der Waals surface area contributed by atoms with E-state index in [2.05, 4.69) is 14.7 Å². The van der Waals surface area contributed by atoms with Crippen LogP contribution in [0.25, 0.3) is 10.1 Å². The molecule has 0 radical (unpaired) electrons. The minimum atomic E-state index is -4.62. The van der Waals surface area contributed by atoms with Gasteiger partial charge in [0.15, 0.2) is 11.6 Å². The van der Waals surface area contributed by atoms with Crippen LogP contribution in [0.1, 0.15) is 29.8 Å². The average Bonchev–Trinajstić information content (AvgIpc) is 3.43. The van der Waals surface area contributed by atoms with E-state index in [1.54, 1.807) is 0 Å². The summed E-state index contributed by atoms with van der Waals surface area (Å²) in [7, 11) is -9.11. The third-order valence-corrected chi connectivity index (χ3v) is 11.2. The average molecular weight is 708 g/mol. The maximum Gasteiger partial charge on any atom is 0.445 e. The fourth-order valence-electron chi connectivity index (χ4n) is 3.99. The summed E-state index contributed by atoms with van der Waals surface area (Å²) >= 11 is 0.431. The van der Waals surface area contributed by atoms with Gasteiger partial charge < -0.3 is 30.0 Å². The summed E-state index contributed by atoms with van der Waals surface area (Å²) in [5.74, 6) is -3.38. The van der Waals surface area contributed by atoms with Crippen molar-refractivity contribution in [1.29, 1.82) is 10.5 Å². The van der Waals surface area contributed by atoms with Gasteiger partial charge in [-0.1, -0.05) is 0 Å². The van der Waals surface area contributed by atoms with Crippen LogP contribution in [-0.4, -0.2) is 51.0 Å². The maximum absolute atomic E-state index is 15.9. The number of thiophene rings is 1. The molecule has 0 aliphatic rings. The molecule has 4 aromatic rings. The molecule has 3 heterocycles. The highest BCUT2D eigenvalue weighted by atomic mass is 32.2. The molecule has 5 N–H and O–H groups in total. The molecular formula is C28H28F2N7O7PS2. The van der Waals surface area contributed by atoms with Crippen molar-refractivity contribution in [2.24, 2.45) is 11.5 Å². The van der Waals surface area contributed by atoms with Gasteiger partial charge >= 0.3 is 7.60 Å². The minimum Gasteiger partial charge on any atom is -0.487 e. The van der Waals surface area contributed by atoms with Crippen LogP contribution in [0.15, 0.2) is 40.9 Å². The molecule has 0 saturated heterocycles. The van der Waals surface area contributed by atoms with Crippen LogP contribution in [0.2, 0.25) is 0 Å². The van der Waals surface area contributed by atoms with Crippen LogP contribution in [0.5, 0.6) is 23.0 Å². The molecule has 248 valence electrons. The molecule has 0 atom stereocenters. The summed E-state index contributed by atoms with van der Waals surface area (Å²) in [4.78, 5) is 7.66. The molecule has 47 heavy (non-hydrogen) atoms. The van der Waals surface area contributed by atoms with Crippen molar-refractivity contribution in [2.45, 2.75) is 24.0 Å². The van der Waals surface area contributed by atoms with E-state index >= 15 is 8.78 Å². The van der Waals surface area contributed by atoms with E-state index in [-0.39, 0.29) is 64.8 Å². The second-order valence-electron chi connectivity index (χ2n) is 9.57. The first-order valence-electron chi connectivity index (χ1n) is 13.8. The largest absolute Gasteiger partial charge is 0.487 e. The smallest absolute Gasteiger partial charge is 0.445 e. The Hall–Kier alpha value is -4.42. The Balaban J connectivity index is 1.70. The summed E-state index contributed by atoms with van der Waals surface area (Å²) in [5, 5.41) is 17.7. The van der Waals surface area contributed by atoms with Gasteiger partial charge in [0.2, 0.25) is 11.5 Å². The van der Waals surface area contributed by atoms with Gasteiger partial charge in [-0.2, -0.15) is 15.2 Å². The van der Waals surface area contributed by atoms with Gasteiger partial charge in [0.1, 0.15) is 45.5 Å². The SMILES string of the molecule is Cc1c(S(=O)(=O)NCP(=O)(Oc2ccc(C#N)nc2)Oc2ccc(C#N)nc2)sc2c(F)c(OCCCN)c(OCCCN)c(F)c12. The molecule has 0 saturated carbocycles. The number of halogens is 2. The van der Waals surface area contributed by atoms with Gasteiger partial charge in [0.25, 0.3) is 10.0 Å². The molecule has 0 amide bonds. The molecule has 0 unspecified atom stereocenters. The predicted molar refractivity (Wildman–Crippen MR) is 167 cm³/mol. The number of nitrogens with two attached hydrogens (primary N) is 2. The summed E-state index contributed by atoms with van der Waals surface area (Å²) in [6.07, 6.45) is 1.86. The van der Waals surface area contributed by atoms with Crippen molar-refractivity contribution in [1.82, 2.24) is 14.7 Å². The predicted octanol–water partition coefficient (Wildman–Crippen LogP) is 4.06. The number of fused-ring (bicyclic) bond motifs is 1. The van der Waals surface area contributed by atoms with Crippen LogP contribution in [0.4, 0.5) is 8.78 Å². The Kier molecular flexibility index (Phi) is 11.6. The standard InChI is InChI=1S/C28H28F2N7O7PS2/c1-17-22-23(29)25(41-10-2-8-31)26(42-11-3-9-32)24(30)27(22)46-28(17)47(39,40)37-16-45(38,43-20-6-4-18(12-33)35-14-20)44-21-7-5-19(13-34)36-15-21/h4-7,14-15,37H,2-3,8-11,16,31-32H2,1H3. The quantitative estimate of drug-likeness (QED) is 0.110. The zero-order valence-corrected chi connectivity index (χ0v) is 27.3. The molecular weight excluding hydrogens is 679 g/mol. The van der Waals surface area contributed by atoms with Crippen LogP contribution < -0.4 is 34.7 Å². The molecule has 0 bridgehead atoms. The highest BCUT2D eigenvalue weighted by Crippen LogP contribution is 2.49. The topological polar surface area (TPSA) is 226 Å². The monoisotopic (exact) mass is 707 g/mol. The van der Waals surface area contributed by atoms with Gasteiger partial charge in [-0.25, -0.2) is 31.7 Å². The van der Waals surface area contributed by atoms with Crippen LogP contribution in [0, 0.1) is 41.2 Å². The first-order chi connectivity index (χ1) is 22.5. The number of hydrogen-bond acceptors (Lipinski definition) is 14. The Morgan fingerprint density at radius 3 is 1.87 bits per heavy atom. The normalized spacial score (nSPS) is 11.6. The second kappa shape index (κ2) is 15.4. The zero-order valence-electron chi connectivity index (χ0n) is 24.7. The van der Waals surface area contributed by atoms with Crippen molar-refractivity contribution in [3.8, 4) is 35.1 Å². The third kappa shape index (κ3) is 8.30. The van der Waals surface area contributed by atoms with E-state index in [0.717, 1.165) is 12.4 Å². The summed E-state index contributed by atoms with van der Waals surface area (Å²) < 4.78 is 96.1. The van der Waals surface area contributed by atoms with E-state index in [1.807, 2.05) is 12.1 Å². The van der Waals surface area contributed by atoms with E-state index in [4.69, 9.17) is 40.5 Å². The molecule has 19 heteroatoms. The van der Waals surface area contributed by atoms with Crippen molar-refractivity contribution in [2.75, 3.05) is 32.6 Å². The van der Waals surface area contributed by atoms with Gasteiger partial charge in [-0.05, 0) is 62.7 Å². The molecule has 14 nitrogen and oxygen atoms in total. The van der Waals surface area contributed by atoms with E-state index in [0.29, 0.717) is 24.2 Å². The van der Waals surface area contributed by atoms with Crippen LogP contribution >= 0.6 is 18.9 Å². The fourth-order valence-corrected chi connectivity index (χ4v) is 8.80. The van der Waals surface area contributed by atoms with Crippen LogP contribution in [0.3, 0.4) is 0 Å². The Labute approximate surface area is 272 Å². The van der Waals surface area contributed by atoms with E-state index < -0.39 is 51.2 Å². The number of hydrogen-bond donors (Lipinski definition) is 3. The minimum absolute atomic E-state index is 0.0330. The number of aromatic nitrogens is 2. The van der Waals surface area contributed by atoms with Gasteiger partial charge in [-0.15, -0.1) is 11.3 Å². The lowest BCUT2D eigenvalue weighted by Crippen LogP contribution is -2.27. The van der Waals surface area contributed by atoms with Crippen LogP contribution in [-0.2, 0) is 14.6 Å². The fraction of sp³-hybridized carbons (Fsp3) is 0.286. The number of nitrogens with one attached hydrogen (secondary N) is 1. The van der Waals surface area contributed by atoms with E-state index in [9.17, 15) is 13.0 Å². The maximum atomic E-state index is 15.9. The molecule has 0 fully saturated rings. The highest BCUT2D eigenvalue weighted by molar-refractivity contribution is 7.92. The Bertz CT molecular complexity index is 1920. The Morgan fingerprint density at radius 1 is 0.915 bits per heavy atom. The molecule has 1 aromatic carbocycles. The van der Waals surface area contributed by atoms with Gasteiger partial charge in [0.05, 0.1) is 30.3 Å². The number of nitrogens with zero attached hydrogens (tertiary/aromatic N) is 4. The summed E-state index contributed by atoms with van der Waals surface area (Å²) in [6, 6.07) is 8.73. The number of nitriles is 2. The van der Waals surface area contributed by atoms with Gasteiger partial charge in [0, 0.05) is 5.39 Å². The number of sulfonamides is 1. The van der Waals surface area contributed by atoms with Gasteiger partial charge in [-0.3, -0.25) is 0 Å². The molecule has 0 aliphatic carbocycles. The number of pyridine rings is 2. The molecule has 4 rings (SSSR count). The highest BCUT2D eigenvalue weighted by Gasteiger charge is 2.35.